The monoisotopic (exact) mass is 1150 g/mol. The van der Waals surface area contributed by atoms with Crippen LogP contribution in [0.25, 0.3) is 39.1 Å². The highest BCUT2D eigenvalue weighted by Crippen LogP contribution is 2.60. The van der Waals surface area contributed by atoms with Crippen molar-refractivity contribution < 1.29 is 41.4 Å². The molecule has 1 unspecified atom stereocenters. The summed E-state index contributed by atoms with van der Waals surface area (Å²) in [7, 11) is 0. The second kappa shape index (κ2) is 22.8. The summed E-state index contributed by atoms with van der Waals surface area (Å²) in [6.07, 6.45) is 11.5. The Kier molecular flexibility index (Phi) is 15.6. The first-order valence-corrected chi connectivity index (χ1v) is 29.1. The van der Waals surface area contributed by atoms with Crippen LogP contribution in [0.2, 0.25) is 0 Å². The molecule has 8 aromatic carbocycles. The predicted molar refractivity (Wildman–Crippen MR) is 318 cm³/mol. The fourth-order valence-corrected chi connectivity index (χ4v) is 13.4. The van der Waals surface area contributed by atoms with Crippen molar-refractivity contribution in [3.63, 3.8) is 0 Å². The van der Waals surface area contributed by atoms with E-state index in [0.29, 0.717) is 67.2 Å². The zero-order valence-electron chi connectivity index (χ0n) is 46.0. The molecule has 1 fully saturated rings. The van der Waals surface area contributed by atoms with Crippen LogP contribution in [0.4, 0.5) is 23.2 Å². The van der Waals surface area contributed by atoms with Crippen LogP contribution in [-0.4, -0.2) is 18.5 Å². The van der Waals surface area contributed by atoms with Gasteiger partial charge in [-0.25, -0.2) is 9.18 Å². The van der Waals surface area contributed by atoms with E-state index in [0.717, 1.165) is 58.7 Å². The summed E-state index contributed by atoms with van der Waals surface area (Å²) in [5.74, 6) is 1.27. The molecule has 8 aromatic rings. The molecule has 1 atom stereocenters. The minimum atomic E-state index is -4.67. The van der Waals surface area contributed by atoms with Gasteiger partial charge < -0.3 is 19.5 Å². The topological polar surface area (TPSA) is 73.9 Å². The molecular weight excluding hydrogens is 1090 g/mol. The maximum Gasteiger partial charge on any atom is 0.416 e. The number of carbonyl (C=O) groups excluding carboxylic acids is 2. The first-order valence-electron chi connectivity index (χ1n) is 28.3. The number of ether oxygens (including phenoxy) is 3. The number of hydrogen-bond donors (Lipinski definition) is 1. The molecule has 6 nitrogen and oxygen atoms in total. The summed E-state index contributed by atoms with van der Waals surface area (Å²) in [6.45, 7) is 9.02. The number of carbonyl (C=O) groups is 2. The Morgan fingerprint density at radius 2 is 1.32 bits per heavy atom. The minimum absolute atomic E-state index is 0.238. The molecule has 11 rings (SSSR count). The van der Waals surface area contributed by atoms with Gasteiger partial charge in [0.15, 0.2) is 5.60 Å². The number of nitrogens with one attached hydrogen (secondary N) is 1. The van der Waals surface area contributed by atoms with Crippen molar-refractivity contribution in [2.45, 2.75) is 115 Å². The highest BCUT2D eigenvalue weighted by molar-refractivity contribution is 9.10. The maximum absolute atomic E-state index is 14.7. The number of halogens is 5. The Hall–Kier alpha value is -7.50. The summed E-state index contributed by atoms with van der Waals surface area (Å²) >= 11 is 3.84. The van der Waals surface area contributed by atoms with Crippen molar-refractivity contribution >= 4 is 50.3 Å². The third-order valence-electron chi connectivity index (χ3n) is 16.8. The van der Waals surface area contributed by atoms with Gasteiger partial charge >= 0.3 is 12.1 Å². The van der Waals surface area contributed by atoms with E-state index in [2.05, 4.69) is 73.2 Å². The molecule has 1 heterocycles. The number of unbranched alkanes of at least 4 members (excludes halogenated alkanes) is 3. The summed E-state index contributed by atoms with van der Waals surface area (Å²) in [5, 5.41) is 3.79. The van der Waals surface area contributed by atoms with Crippen molar-refractivity contribution in [3.8, 4) is 39.5 Å². The molecule has 2 aliphatic carbocycles. The van der Waals surface area contributed by atoms with Crippen LogP contribution in [0.1, 0.15) is 157 Å². The molecule has 3 aliphatic rings. The van der Waals surface area contributed by atoms with Crippen LogP contribution in [0.5, 0.6) is 17.2 Å². The smallest absolute Gasteiger partial charge is 0.416 e. The molecule has 0 saturated heterocycles. The molecule has 0 aromatic heterocycles. The van der Waals surface area contributed by atoms with Gasteiger partial charge in [-0.15, -0.1) is 0 Å². The van der Waals surface area contributed by atoms with Crippen LogP contribution >= 0.6 is 15.9 Å². The standard InChI is InChI=1S/C70H64BrF4NO5/c1-5-7-9-10-43-11-13-44(14-12-43)45-15-17-46(18-16-45)47-19-21-49(22-20-47)67(78)80-56-32-23-48(24-33-56)66(77)76-54-41-60-62-57-36-29-52(70(73,74)75)40-59(57)65-58(64(62)68(3,4)63(60)61(71)42-54)37-38-69(81-65,50-25-30-53(72)31-26-50)51-27-34-55(35-28-51)79-39-8-6-2/h15-38,40-44H,5-14,39H2,1-4H3,(H,76,77). The second-order valence-electron chi connectivity index (χ2n) is 22.4. The lowest BCUT2D eigenvalue weighted by molar-refractivity contribution is -0.137. The molecule has 1 N–H and O–H groups in total. The Bertz CT molecular complexity index is 3660. The summed E-state index contributed by atoms with van der Waals surface area (Å²) in [4.78, 5) is 27.3. The van der Waals surface area contributed by atoms with Gasteiger partial charge in [-0.05, 0) is 179 Å². The maximum atomic E-state index is 14.7. The fraction of sp³-hybridized carbons (Fsp3) is 0.286. The van der Waals surface area contributed by atoms with Crippen LogP contribution in [0.15, 0.2) is 162 Å². The Morgan fingerprint density at radius 1 is 0.691 bits per heavy atom. The van der Waals surface area contributed by atoms with Crippen LogP contribution in [-0.2, 0) is 17.2 Å². The van der Waals surface area contributed by atoms with E-state index in [-0.39, 0.29) is 16.9 Å². The zero-order valence-corrected chi connectivity index (χ0v) is 47.5. The van der Waals surface area contributed by atoms with Crippen LogP contribution < -0.4 is 19.5 Å². The average Bonchev–Trinajstić information content (AvgIpc) is 4.01. The Labute approximate surface area is 479 Å². The first-order chi connectivity index (χ1) is 39.0. The number of fused-ring (bicyclic) bond motifs is 8. The largest absolute Gasteiger partial charge is 0.494 e. The third-order valence-corrected chi connectivity index (χ3v) is 17.4. The van der Waals surface area contributed by atoms with Gasteiger partial charge in [-0.3, -0.25) is 4.79 Å². The van der Waals surface area contributed by atoms with Gasteiger partial charge in [0.1, 0.15) is 23.1 Å². The molecular formula is C70H64BrF4NO5. The SMILES string of the molecule is CCCCCC1CCC(c2ccc(-c3ccc(C(=O)Oc4ccc(C(=O)Nc5cc(Br)c6c(c5)-c5c(c7c(c8cc(C(F)(F)F)ccc58)OC(c5ccc(F)cc5)(c5ccc(OCCCC)cc5)C=C7)C6(C)C)cc4)cc3)cc2)CC1. The number of anilines is 1. The van der Waals surface area contributed by atoms with Gasteiger partial charge in [-0.2, -0.15) is 13.2 Å². The van der Waals surface area contributed by atoms with E-state index in [1.54, 1.807) is 48.5 Å². The number of alkyl halides is 3. The van der Waals surface area contributed by atoms with Crippen LogP contribution in [0, 0.1) is 11.7 Å². The number of esters is 1. The van der Waals surface area contributed by atoms with Crippen molar-refractivity contribution in [1.29, 1.82) is 0 Å². The predicted octanol–water partition coefficient (Wildman–Crippen LogP) is 19.6. The first kappa shape index (κ1) is 55.4. The van der Waals surface area contributed by atoms with E-state index in [1.165, 1.54) is 75.1 Å². The van der Waals surface area contributed by atoms with Crippen molar-refractivity contribution in [2.75, 3.05) is 11.9 Å². The molecule has 0 bridgehead atoms. The number of benzene rings is 8. The lowest BCUT2D eigenvalue weighted by atomic mass is 9.76. The molecule has 414 valence electrons. The normalized spacial score (nSPS) is 17.9. The quantitative estimate of drug-likeness (QED) is 0.0452. The lowest BCUT2D eigenvalue weighted by Crippen LogP contribution is -2.35. The zero-order chi connectivity index (χ0) is 56.6. The van der Waals surface area contributed by atoms with E-state index < -0.39 is 40.4 Å². The van der Waals surface area contributed by atoms with Gasteiger partial charge in [0.05, 0.1) is 17.7 Å². The van der Waals surface area contributed by atoms with E-state index in [1.807, 2.05) is 60.7 Å². The Morgan fingerprint density at radius 3 is 1.98 bits per heavy atom. The number of rotatable bonds is 16. The molecule has 81 heavy (non-hydrogen) atoms. The fourth-order valence-electron chi connectivity index (χ4n) is 12.4. The third kappa shape index (κ3) is 11.1. The van der Waals surface area contributed by atoms with Gasteiger partial charge in [0.25, 0.3) is 5.91 Å². The van der Waals surface area contributed by atoms with Crippen molar-refractivity contribution in [3.05, 3.63) is 218 Å². The molecule has 1 saturated carbocycles. The summed E-state index contributed by atoms with van der Waals surface area (Å²) < 4.78 is 78.4. The summed E-state index contributed by atoms with van der Waals surface area (Å²) in [6, 6.07) is 43.3. The molecule has 0 radical (unpaired) electrons. The van der Waals surface area contributed by atoms with Crippen LogP contribution in [0.3, 0.4) is 0 Å². The summed E-state index contributed by atoms with van der Waals surface area (Å²) in [5.41, 5.74) is 6.67. The molecule has 11 heteroatoms. The van der Waals surface area contributed by atoms with E-state index in [4.69, 9.17) is 14.2 Å². The van der Waals surface area contributed by atoms with Crippen molar-refractivity contribution in [1.82, 2.24) is 0 Å². The highest BCUT2D eigenvalue weighted by atomic mass is 79.9. The van der Waals surface area contributed by atoms with Gasteiger partial charge in [-0.1, -0.05) is 149 Å². The second-order valence-corrected chi connectivity index (χ2v) is 23.3. The lowest BCUT2D eigenvalue weighted by Gasteiger charge is -2.38. The minimum Gasteiger partial charge on any atom is -0.494 e. The van der Waals surface area contributed by atoms with E-state index >= 15 is 0 Å². The average molecular weight is 1160 g/mol. The molecule has 0 spiro atoms. The van der Waals surface area contributed by atoms with Gasteiger partial charge in [0, 0.05) is 43.2 Å². The number of hydrogen-bond acceptors (Lipinski definition) is 5. The van der Waals surface area contributed by atoms with Crippen molar-refractivity contribution in [2.24, 2.45) is 5.92 Å². The highest BCUT2D eigenvalue weighted by Gasteiger charge is 2.46. The number of amides is 1. The van der Waals surface area contributed by atoms with E-state index in [9.17, 15) is 27.2 Å². The Balaban J connectivity index is 0.832. The van der Waals surface area contributed by atoms with Gasteiger partial charge in [0.2, 0.25) is 0 Å². The molecule has 1 aliphatic heterocycles. The molecule has 1 amide bonds.